The fourth-order valence-corrected chi connectivity index (χ4v) is 5.42. The summed E-state index contributed by atoms with van der Waals surface area (Å²) < 4.78 is 26.1. The van der Waals surface area contributed by atoms with Crippen molar-refractivity contribution in [3.63, 3.8) is 0 Å². The van der Waals surface area contributed by atoms with E-state index in [-0.39, 0.29) is 11.8 Å². The molecule has 1 amide bonds. The Labute approximate surface area is 109 Å². The Morgan fingerprint density at radius 1 is 1.33 bits per heavy atom. The van der Waals surface area contributed by atoms with Gasteiger partial charge in [0.15, 0.2) is 0 Å². The minimum absolute atomic E-state index is 0.00722. The van der Waals surface area contributed by atoms with Crippen LogP contribution in [0.15, 0.2) is 0 Å². The molecule has 0 unspecified atom stereocenters. The number of primary amides is 1. The first kappa shape index (κ1) is 13.8. The molecule has 1 aliphatic carbocycles. The van der Waals surface area contributed by atoms with Crippen LogP contribution in [-0.2, 0) is 14.8 Å². The minimum atomic E-state index is -3.34. The highest BCUT2D eigenvalue weighted by Crippen LogP contribution is 2.41. The third kappa shape index (κ3) is 2.40. The quantitative estimate of drug-likeness (QED) is 0.825. The van der Waals surface area contributed by atoms with Crippen molar-refractivity contribution in [3.05, 3.63) is 0 Å². The van der Waals surface area contributed by atoms with E-state index in [1.165, 1.54) is 4.31 Å². The Hall–Kier alpha value is -0.620. The molecule has 0 aromatic rings. The number of amides is 1. The van der Waals surface area contributed by atoms with Crippen molar-refractivity contribution >= 4 is 15.9 Å². The summed E-state index contributed by atoms with van der Waals surface area (Å²) in [6, 6.07) is -0.609. The SMILES string of the molecule is CCCS(=O)(=O)N1[C@@H]2CCCC[C@@H]2C[C@H]1C(N)=O. The maximum absolute atomic E-state index is 12.3. The van der Waals surface area contributed by atoms with Crippen molar-refractivity contribution in [3.8, 4) is 0 Å². The van der Waals surface area contributed by atoms with Gasteiger partial charge in [0.1, 0.15) is 6.04 Å². The van der Waals surface area contributed by atoms with Gasteiger partial charge in [-0.1, -0.05) is 19.8 Å². The predicted molar refractivity (Wildman–Crippen MR) is 69.3 cm³/mol. The second-order valence-electron chi connectivity index (χ2n) is 5.41. The van der Waals surface area contributed by atoms with Gasteiger partial charge in [0.05, 0.1) is 5.75 Å². The van der Waals surface area contributed by atoms with E-state index in [1.54, 1.807) is 0 Å². The van der Waals surface area contributed by atoms with Crippen LogP contribution in [0.5, 0.6) is 0 Å². The van der Waals surface area contributed by atoms with Gasteiger partial charge < -0.3 is 5.73 Å². The number of carbonyl (C=O) groups excluding carboxylic acids is 1. The molecule has 0 spiro atoms. The van der Waals surface area contributed by atoms with Crippen LogP contribution in [0.3, 0.4) is 0 Å². The lowest BCUT2D eigenvalue weighted by Gasteiger charge is -2.32. The van der Waals surface area contributed by atoms with E-state index in [4.69, 9.17) is 5.73 Å². The maximum atomic E-state index is 12.3. The lowest BCUT2D eigenvalue weighted by Crippen LogP contribution is -2.48. The molecule has 1 heterocycles. The van der Waals surface area contributed by atoms with Crippen LogP contribution in [0.2, 0.25) is 0 Å². The van der Waals surface area contributed by atoms with E-state index < -0.39 is 22.0 Å². The average Bonchev–Trinajstić information content (AvgIpc) is 2.68. The molecule has 2 N–H and O–H groups in total. The third-order valence-electron chi connectivity index (χ3n) is 4.14. The predicted octanol–water partition coefficient (Wildman–Crippen LogP) is 0.845. The zero-order valence-corrected chi connectivity index (χ0v) is 11.7. The zero-order chi connectivity index (χ0) is 13.3. The minimum Gasteiger partial charge on any atom is -0.368 e. The fraction of sp³-hybridized carbons (Fsp3) is 0.917. The number of hydrogen-bond donors (Lipinski definition) is 1. The molecule has 1 saturated carbocycles. The van der Waals surface area contributed by atoms with Gasteiger partial charge in [0.2, 0.25) is 15.9 Å². The van der Waals surface area contributed by atoms with Gasteiger partial charge in [0, 0.05) is 6.04 Å². The highest BCUT2D eigenvalue weighted by molar-refractivity contribution is 7.89. The first-order valence-electron chi connectivity index (χ1n) is 6.78. The van der Waals surface area contributed by atoms with Gasteiger partial charge in [-0.15, -0.1) is 0 Å². The number of sulfonamides is 1. The lowest BCUT2D eigenvalue weighted by molar-refractivity contribution is -0.121. The number of hydrogen-bond acceptors (Lipinski definition) is 3. The van der Waals surface area contributed by atoms with Gasteiger partial charge in [-0.05, 0) is 31.6 Å². The van der Waals surface area contributed by atoms with Gasteiger partial charge in [-0.3, -0.25) is 4.79 Å². The van der Waals surface area contributed by atoms with Crippen molar-refractivity contribution in [1.29, 1.82) is 0 Å². The Kier molecular flexibility index (Phi) is 3.96. The normalized spacial score (nSPS) is 33.3. The van der Waals surface area contributed by atoms with Crippen molar-refractivity contribution in [2.45, 2.75) is 57.5 Å². The smallest absolute Gasteiger partial charge is 0.235 e. The van der Waals surface area contributed by atoms with Crippen molar-refractivity contribution < 1.29 is 13.2 Å². The summed E-state index contributed by atoms with van der Waals surface area (Å²) in [7, 11) is -3.34. The molecule has 0 radical (unpaired) electrons. The number of nitrogens with two attached hydrogens (primary N) is 1. The zero-order valence-electron chi connectivity index (χ0n) is 10.8. The molecule has 1 saturated heterocycles. The lowest BCUT2D eigenvalue weighted by atomic mass is 9.85. The molecule has 1 aliphatic heterocycles. The molecule has 2 rings (SSSR count). The van der Waals surface area contributed by atoms with E-state index in [0.29, 0.717) is 18.8 Å². The highest BCUT2D eigenvalue weighted by Gasteiger charge is 2.49. The molecule has 18 heavy (non-hydrogen) atoms. The maximum Gasteiger partial charge on any atom is 0.235 e. The molecular formula is C12H22N2O3S. The Morgan fingerprint density at radius 2 is 2.00 bits per heavy atom. The van der Waals surface area contributed by atoms with Crippen LogP contribution >= 0.6 is 0 Å². The van der Waals surface area contributed by atoms with E-state index >= 15 is 0 Å². The summed E-state index contributed by atoms with van der Waals surface area (Å²) in [6.07, 6.45) is 5.26. The molecular weight excluding hydrogens is 252 g/mol. The topological polar surface area (TPSA) is 80.5 Å². The van der Waals surface area contributed by atoms with Crippen molar-refractivity contribution in [2.75, 3.05) is 5.75 Å². The standard InChI is InChI=1S/C12H22N2O3S/c1-2-7-18(16,17)14-10-6-4-3-5-9(10)8-11(14)12(13)15/h9-11H,2-8H2,1H3,(H2,13,15)/t9-,10-,11+/m1/s1. The molecule has 104 valence electrons. The van der Waals surface area contributed by atoms with Crippen LogP contribution in [0.4, 0.5) is 0 Å². The third-order valence-corrected chi connectivity index (χ3v) is 6.23. The number of carbonyl (C=O) groups is 1. The molecule has 6 heteroatoms. The second kappa shape index (κ2) is 5.17. The van der Waals surface area contributed by atoms with Crippen LogP contribution in [0.25, 0.3) is 0 Å². The molecule has 3 atom stereocenters. The van der Waals surface area contributed by atoms with E-state index in [2.05, 4.69) is 0 Å². The first-order valence-corrected chi connectivity index (χ1v) is 8.39. The Morgan fingerprint density at radius 3 is 2.61 bits per heavy atom. The fourth-order valence-electron chi connectivity index (χ4n) is 3.42. The summed E-state index contributed by atoms with van der Waals surface area (Å²) in [6.45, 7) is 1.84. The van der Waals surface area contributed by atoms with Crippen molar-refractivity contribution in [2.24, 2.45) is 11.7 Å². The summed E-state index contributed by atoms with van der Waals surface area (Å²) in [5, 5.41) is 0. The van der Waals surface area contributed by atoms with Crippen LogP contribution in [0.1, 0.15) is 45.4 Å². The van der Waals surface area contributed by atoms with Crippen molar-refractivity contribution in [1.82, 2.24) is 4.31 Å². The van der Waals surface area contributed by atoms with E-state index in [0.717, 1.165) is 25.7 Å². The Bertz CT molecular complexity index is 421. The Balaban J connectivity index is 2.30. The van der Waals surface area contributed by atoms with Gasteiger partial charge in [-0.25, -0.2) is 8.42 Å². The largest absolute Gasteiger partial charge is 0.368 e. The summed E-state index contributed by atoms with van der Waals surface area (Å²) in [5.41, 5.74) is 5.39. The molecule has 0 aromatic carbocycles. The number of nitrogens with zero attached hydrogens (tertiary/aromatic N) is 1. The highest BCUT2D eigenvalue weighted by atomic mass is 32.2. The summed E-state index contributed by atoms with van der Waals surface area (Å²) in [5.74, 6) is -0.0630. The molecule has 2 aliphatic rings. The van der Waals surface area contributed by atoms with Crippen LogP contribution in [-0.4, -0.2) is 36.5 Å². The van der Waals surface area contributed by atoms with E-state index in [1.807, 2.05) is 6.92 Å². The number of rotatable bonds is 4. The molecule has 2 fully saturated rings. The average molecular weight is 274 g/mol. The summed E-state index contributed by atoms with van der Waals surface area (Å²) >= 11 is 0. The number of fused-ring (bicyclic) bond motifs is 1. The molecule has 0 bridgehead atoms. The molecule has 5 nitrogen and oxygen atoms in total. The van der Waals surface area contributed by atoms with Gasteiger partial charge in [0.25, 0.3) is 0 Å². The van der Waals surface area contributed by atoms with Crippen LogP contribution < -0.4 is 5.73 Å². The van der Waals surface area contributed by atoms with Gasteiger partial charge >= 0.3 is 0 Å². The summed E-state index contributed by atoms with van der Waals surface area (Å²) in [4.78, 5) is 11.5. The second-order valence-corrected chi connectivity index (χ2v) is 7.41. The first-order chi connectivity index (χ1) is 8.47. The molecule has 0 aromatic heterocycles. The monoisotopic (exact) mass is 274 g/mol. The van der Waals surface area contributed by atoms with E-state index in [9.17, 15) is 13.2 Å². The van der Waals surface area contributed by atoms with Crippen LogP contribution in [0, 0.1) is 5.92 Å². The van der Waals surface area contributed by atoms with Gasteiger partial charge in [-0.2, -0.15) is 4.31 Å².